The van der Waals surface area contributed by atoms with Gasteiger partial charge in [-0.1, -0.05) is 0 Å². The van der Waals surface area contributed by atoms with E-state index in [9.17, 15) is 4.79 Å². The van der Waals surface area contributed by atoms with Crippen molar-refractivity contribution in [2.24, 2.45) is 5.73 Å². The Kier molecular flexibility index (Phi) is 5.03. The van der Waals surface area contributed by atoms with Crippen molar-refractivity contribution in [3.05, 3.63) is 30.1 Å². The molecule has 5 heteroatoms. The molecule has 72 valence electrons. The second-order valence-electron chi connectivity index (χ2n) is 2.50. The first-order valence-electron chi connectivity index (χ1n) is 3.57. The summed E-state index contributed by atoms with van der Waals surface area (Å²) in [6.07, 6.45) is 3.58. The lowest BCUT2D eigenvalue weighted by molar-refractivity contribution is -0.138. The lowest BCUT2D eigenvalue weighted by Crippen LogP contribution is -2.32. The number of aliphatic carboxylic acids is 1. The summed E-state index contributed by atoms with van der Waals surface area (Å²) < 4.78 is 0. The molecule has 1 unspecified atom stereocenters. The lowest BCUT2D eigenvalue weighted by Gasteiger charge is -2.04. The molecule has 0 fully saturated rings. The van der Waals surface area contributed by atoms with E-state index < -0.39 is 12.0 Å². The fourth-order valence-electron chi connectivity index (χ4n) is 0.860. The van der Waals surface area contributed by atoms with Crippen LogP contribution in [-0.4, -0.2) is 22.1 Å². The lowest BCUT2D eigenvalue weighted by atomic mass is 10.1. The largest absolute Gasteiger partial charge is 0.480 e. The van der Waals surface area contributed by atoms with Gasteiger partial charge in [-0.25, -0.2) is 0 Å². The topological polar surface area (TPSA) is 76.2 Å². The van der Waals surface area contributed by atoms with Crippen LogP contribution in [0.25, 0.3) is 0 Å². The number of pyridine rings is 1. The van der Waals surface area contributed by atoms with Crippen molar-refractivity contribution in [1.29, 1.82) is 0 Å². The third-order valence-electron chi connectivity index (χ3n) is 1.52. The molecule has 0 saturated heterocycles. The normalized spacial score (nSPS) is 11.5. The molecular weight excluding hydrogens is 192 g/mol. The van der Waals surface area contributed by atoms with Gasteiger partial charge >= 0.3 is 5.97 Å². The molecule has 1 rings (SSSR count). The predicted molar refractivity (Wildman–Crippen MR) is 50.8 cm³/mol. The molecule has 4 nitrogen and oxygen atoms in total. The number of nitrogens with zero attached hydrogens (tertiary/aromatic N) is 1. The maximum atomic E-state index is 10.4. The van der Waals surface area contributed by atoms with Gasteiger partial charge in [0.1, 0.15) is 6.04 Å². The van der Waals surface area contributed by atoms with E-state index in [0.29, 0.717) is 6.42 Å². The highest BCUT2D eigenvalue weighted by Gasteiger charge is 2.11. The van der Waals surface area contributed by atoms with Gasteiger partial charge < -0.3 is 10.8 Å². The summed E-state index contributed by atoms with van der Waals surface area (Å²) in [6, 6.07) is 2.68. The minimum atomic E-state index is -0.980. The van der Waals surface area contributed by atoms with Crippen molar-refractivity contribution in [1.82, 2.24) is 4.98 Å². The third kappa shape index (κ3) is 3.87. The predicted octanol–water partition coefficient (Wildman–Crippen LogP) is 0.458. The van der Waals surface area contributed by atoms with Gasteiger partial charge in [0.25, 0.3) is 0 Å². The molecular formula is C8H11ClN2O2. The quantitative estimate of drug-likeness (QED) is 0.747. The van der Waals surface area contributed by atoms with Crippen molar-refractivity contribution in [3.8, 4) is 0 Å². The average molecular weight is 203 g/mol. The summed E-state index contributed by atoms with van der Waals surface area (Å²) >= 11 is 0. The minimum absolute atomic E-state index is 0. The molecule has 0 amide bonds. The molecule has 0 radical (unpaired) electrons. The Morgan fingerprint density at radius 1 is 1.54 bits per heavy atom. The zero-order chi connectivity index (χ0) is 8.97. The standard InChI is InChI=1S/C8H10N2O2.ClH/c9-7(8(11)12)5-6-1-3-10-4-2-6;/h1-4,7H,5,9H2,(H,11,12);1H. The highest BCUT2D eigenvalue weighted by Crippen LogP contribution is 1.99. The molecule has 0 aliphatic rings. The van der Waals surface area contributed by atoms with E-state index in [-0.39, 0.29) is 12.4 Å². The van der Waals surface area contributed by atoms with Crippen molar-refractivity contribution in [2.45, 2.75) is 12.5 Å². The van der Waals surface area contributed by atoms with Crippen LogP contribution in [0.5, 0.6) is 0 Å². The smallest absolute Gasteiger partial charge is 0.320 e. The Hall–Kier alpha value is -1.13. The summed E-state index contributed by atoms with van der Waals surface area (Å²) in [6.45, 7) is 0. The Morgan fingerprint density at radius 3 is 2.54 bits per heavy atom. The molecule has 13 heavy (non-hydrogen) atoms. The van der Waals surface area contributed by atoms with Crippen LogP contribution in [-0.2, 0) is 11.2 Å². The fraction of sp³-hybridized carbons (Fsp3) is 0.250. The molecule has 1 heterocycles. The zero-order valence-electron chi connectivity index (χ0n) is 6.88. The van der Waals surface area contributed by atoms with E-state index in [1.165, 1.54) is 0 Å². The number of aromatic nitrogens is 1. The molecule has 0 saturated carbocycles. The van der Waals surface area contributed by atoms with Crippen molar-refractivity contribution < 1.29 is 9.90 Å². The first kappa shape index (κ1) is 11.9. The molecule has 0 aliphatic carbocycles. The summed E-state index contributed by atoms with van der Waals surface area (Å²) in [7, 11) is 0. The van der Waals surface area contributed by atoms with E-state index in [1.807, 2.05) is 0 Å². The number of carbonyl (C=O) groups is 1. The Balaban J connectivity index is 0.00000144. The van der Waals surface area contributed by atoms with E-state index in [4.69, 9.17) is 10.8 Å². The second-order valence-corrected chi connectivity index (χ2v) is 2.50. The van der Waals surface area contributed by atoms with Crippen LogP contribution < -0.4 is 5.73 Å². The van der Waals surface area contributed by atoms with Crippen LogP contribution in [0.4, 0.5) is 0 Å². The van der Waals surface area contributed by atoms with Gasteiger partial charge in [0.15, 0.2) is 0 Å². The summed E-state index contributed by atoms with van der Waals surface area (Å²) in [5, 5.41) is 8.50. The van der Waals surface area contributed by atoms with Gasteiger partial charge in [0, 0.05) is 12.4 Å². The number of hydrogen-bond acceptors (Lipinski definition) is 3. The summed E-state index contributed by atoms with van der Waals surface area (Å²) in [5.74, 6) is -0.980. The molecule has 1 aromatic rings. The second kappa shape index (κ2) is 5.50. The van der Waals surface area contributed by atoms with Crippen LogP contribution >= 0.6 is 12.4 Å². The van der Waals surface area contributed by atoms with Crippen LogP contribution in [0, 0.1) is 0 Å². The molecule has 0 aliphatic heterocycles. The van der Waals surface area contributed by atoms with Gasteiger partial charge in [0.2, 0.25) is 0 Å². The summed E-state index contributed by atoms with van der Waals surface area (Å²) in [5.41, 5.74) is 6.22. The number of carboxylic acids is 1. The molecule has 0 spiro atoms. The number of rotatable bonds is 3. The van der Waals surface area contributed by atoms with Gasteiger partial charge in [-0.3, -0.25) is 9.78 Å². The molecule has 0 aromatic carbocycles. The van der Waals surface area contributed by atoms with Crippen LogP contribution in [0.3, 0.4) is 0 Å². The van der Waals surface area contributed by atoms with Gasteiger partial charge in [0.05, 0.1) is 0 Å². The Bertz CT molecular complexity index is 266. The van der Waals surface area contributed by atoms with Gasteiger partial charge in [-0.05, 0) is 24.1 Å². The van der Waals surface area contributed by atoms with Crippen LogP contribution in [0.1, 0.15) is 5.56 Å². The zero-order valence-corrected chi connectivity index (χ0v) is 7.70. The maximum Gasteiger partial charge on any atom is 0.320 e. The first-order valence-corrected chi connectivity index (χ1v) is 3.57. The fourth-order valence-corrected chi connectivity index (χ4v) is 0.860. The molecule has 1 atom stereocenters. The number of nitrogens with two attached hydrogens (primary N) is 1. The van der Waals surface area contributed by atoms with Crippen molar-refractivity contribution >= 4 is 18.4 Å². The SMILES string of the molecule is Cl.NC(Cc1ccncc1)C(=O)O. The number of carboxylic acid groups (broad SMARTS) is 1. The molecule has 0 bridgehead atoms. The van der Waals surface area contributed by atoms with E-state index in [1.54, 1.807) is 24.5 Å². The van der Waals surface area contributed by atoms with Gasteiger partial charge in [-0.15, -0.1) is 12.4 Å². The van der Waals surface area contributed by atoms with Crippen molar-refractivity contribution in [3.63, 3.8) is 0 Å². The van der Waals surface area contributed by atoms with Crippen LogP contribution in [0.15, 0.2) is 24.5 Å². The third-order valence-corrected chi connectivity index (χ3v) is 1.52. The highest BCUT2D eigenvalue weighted by molar-refractivity contribution is 5.85. The Labute approximate surface area is 82.2 Å². The van der Waals surface area contributed by atoms with Crippen molar-refractivity contribution in [2.75, 3.05) is 0 Å². The average Bonchev–Trinajstić information content (AvgIpc) is 2.06. The monoisotopic (exact) mass is 202 g/mol. The maximum absolute atomic E-state index is 10.4. The van der Waals surface area contributed by atoms with E-state index in [2.05, 4.69) is 4.98 Å². The Morgan fingerprint density at radius 2 is 2.08 bits per heavy atom. The van der Waals surface area contributed by atoms with E-state index in [0.717, 1.165) is 5.56 Å². The first-order chi connectivity index (χ1) is 5.70. The number of halogens is 1. The van der Waals surface area contributed by atoms with Crippen LogP contribution in [0.2, 0.25) is 0 Å². The number of hydrogen-bond donors (Lipinski definition) is 2. The molecule has 1 aromatic heterocycles. The highest BCUT2D eigenvalue weighted by atomic mass is 35.5. The summed E-state index contributed by atoms with van der Waals surface area (Å²) in [4.78, 5) is 14.2. The minimum Gasteiger partial charge on any atom is -0.480 e. The van der Waals surface area contributed by atoms with Gasteiger partial charge in [-0.2, -0.15) is 0 Å². The molecule has 3 N–H and O–H groups in total. The van der Waals surface area contributed by atoms with E-state index >= 15 is 0 Å².